The molecule has 0 atom stereocenters. The van der Waals surface area contributed by atoms with Gasteiger partial charge in [0, 0.05) is 18.3 Å². The van der Waals surface area contributed by atoms with Crippen molar-refractivity contribution in [3.05, 3.63) is 23.9 Å². The molecule has 94 valence electrons. The molecule has 0 radical (unpaired) electrons. The van der Waals surface area contributed by atoms with E-state index in [0.717, 1.165) is 18.7 Å². The Morgan fingerprint density at radius 1 is 0.941 bits per heavy atom. The smallest absolute Gasteiger partial charge is 0.227 e. The number of carbonyl (C=O) groups excluding carboxylic acids is 2. The Balaban J connectivity index is 2.07. The lowest BCUT2D eigenvalue weighted by Gasteiger charge is -2.09. The van der Waals surface area contributed by atoms with Crippen LogP contribution in [0.5, 0.6) is 0 Å². The molecule has 1 aliphatic rings. The summed E-state index contributed by atoms with van der Waals surface area (Å²) in [4.78, 5) is 22.0. The minimum atomic E-state index is -0.435. The zero-order chi connectivity index (χ0) is 12.5. The molecule has 0 spiro atoms. The van der Waals surface area contributed by atoms with Crippen molar-refractivity contribution in [3.63, 3.8) is 0 Å². The molecule has 0 heterocycles. The van der Waals surface area contributed by atoms with Gasteiger partial charge in [-0.15, -0.1) is 0 Å². The summed E-state index contributed by atoms with van der Waals surface area (Å²) in [5, 5.41) is 3.16. The Morgan fingerprint density at radius 3 is 2.35 bits per heavy atom. The lowest BCUT2D eigenvalue weighted by Crippen LogP contribution is -2.20. The molecule has 0 bridgehead atoms. The van der Waals surface area contributed by atoms with Crippen LogP contribution >= 0.6 is 0 Å². The molecular weight excluding hydrogens is 214 g/mol. The van der Waals surface area contributed by atoms with Crippen molar-refractivity contribution in [3.8, 4) is 0 Å². The molecule has 0 aliphatic heterocycles. The molecule has 0 amide bonds. The van der Waals surface area contributed by atoms with Crippen molar-refractivity contribution in [2.45, 2.75) is 45.4 Å². The molecule has 0 aromatic rings. The second-order valence-electron chi connectivity index (χ2n) is 4.36. The van der Waals surface area contributed by atoms with E-state index in [0.29, 0.717) is 0 Å². The Morgan fingerprint density at radius 2 is 1.65 bits per heavy atom. The number of rotatable bonds is 8. The van der Waals surface area contributed by atoms with Crippen LogP contribution in [0.25, 0.3) is 0 Å². The van der Waals surface area contributed by atoms with Crippen LogP contribution in [0.15, 0.2) is 23.9 Å². The van der Waals surface area contributed by atoms with Gasteiger partial charge in [0.05, 0.1) is 0 Å². The minimum absolute atomic E-state index is 0.432. The van der Waals surface area contributed by atoms with Crippen LogP contribution in [0.3, 0.4) is 0 Å². The van der Waals surface area contributed by atoms with Gasteiger partial charge in [-0.1, -0.05) is 39.0 Å². The second kappa shape index (κ2) is 7.82. The number of unbranched alkanes of at least 4 members (excludes halogenated alkanes) is 5. The maximum Gasteiger partial charge on any atom is 0.227 e. The quantitative estimate of drug-likeness (QED) is 0.399. The highest BCUT2D eigenvalue weighted by Gasteiger charge is 2.12. The number of ketones is 2. The predicted octanol–water partition coefficient (Wildman–Crippen LogP) is 2.53. The van der Waals surface area contributed by atoms with E-state index in [1.165, 1.54) is 44.3 Å². The summed E-state index contributed by atoms with van der Waals surface area (Å²) in [5.74, 6) is -0.868. The molecule has 0 saturated heterocycles. The van der Waals surface area contributed by atoms with Crippen molar-refractivity contribution in [1.29, 1.82) is 0 Å². The lowest BCUT2D eigenvalue weighted by atomic mass is 10.1. The number of hydrogen-bond acceptors (Lipinski definition) is 3. The van der Waals surface area contributed by atoms with Crippen LogP contribution < -0.4 is 5.32 Å². The van der Waals surface area contributed by atoms with Gasteiger partial charge in [-0.25, -0.2) is 0 Å². The third-order valence-corrected chi connectivity index (χ3v) is 2.80. The first-order chi connectivity index (χ1) is 8.24. The molecule has 1 aliphatic carbocycles. The van der Waals surface area contributed by atoms with Crippen LogP contribution in [-0.4, -0.2) is 18.1 Å². The normalized spacial score (nSPS) is 15.0. The maximum atomic E-state index is 11.1. The van der Waals surface area contributed by atoms with E-state index >= 15 is 0 Å². The fraction of sp³-hybridized carbons (Fsp3) is 0.571. The third kappa shape index (κ3) is 5.48. The van der Waals surface area contributed by atoms with E-state index in [4.69, 9.17) is 0 Å². The average Bonchev–Trinajstić information content (AvgIpc) is 2.32. The standard InChI is InChI=1S/C14H21NO2/c1-2-3-4-5-6-7-10-15-12-8-9-13(16)14(17)11-12/h8-9,11,15H,2-7,10H2,1H3. The summed E-state index contributed by atoms with van der Waals surface area (Å²) in [6, 6.07) is 0. The monoisotopic (exact) mass is 235 g/mol. The lowest BCUT2D eigenvalue weighted by molar-refractivity contribution is -0.131. The van der Waals surface area contributed by atoms with Gasteiger partial charge in [0.15, 0.2) is 0 Å². The number of nitrogens with one attached hydrogen (secondary N) is 1. The van der Waals surface area contributed by atoms with Gasteiger partial charge in [0.1, 0.15) is 0 Å². The van der Waals surface area contributed by atoms with E-state index in [2.05, 4.69) is 12.2 Å². The van der Waals surface area contributed by atoms with Crippen LogP contribution in [-0.2, 0) is 9.59 Å². The van der Waals surface area contributed by atoms with Crippen LogP contribution in [0.1, 0.15) is 45.4 Å². The topological polar surface area (TPSA) is 46.2 Å². The summed E-state index contributed by atoms with van der Waals surface area (Å²) < 4.78 is 0. The predicted molar refractivity (Wildman–Crippen MR) is 68.6 cm³/mol. The maximum absolute atomic E-state index is 11.1. The molecule has 1 rings (SSSR count). The Labute approximate surface area is 103 Å². The van der Waals surface area contributed by atoms with Crippen LogP contribution in [0, 0.1) is 0 Å². The van der Waals surface area contributed by atoms with E-state index in [1.54, 1.807) is 6.08 Å². The molecule has 0 aromatic carbocycles. The van der Waals surface area contributed by atoms with Gasteiger partial charge in [-0.3, -0.25) is 9.59 Å². The summed E-state index contributed by atoms with van der Waals surface area (Å²) in [6.07, 6.45) is 11.9. The Kier molecular flexibility index (Phi) is 6.30. The molecule has 0 aromatic heterocycles. The van der Waals surface area contributed by atoms with E-state index in [1.807, 2.05) is 0 Å². The minimum Gasteiger partial charge on any atom is -0.385 e. The van der Waals surface area contributed by atoms with Gasteiger partial charge in [0.25, 0.3) is 0 Å². The van der Waals surface area contributed by atoms with Gasteiger partial charge in [-0.2, -0.15) is 0 Å². The Bertz CT molecular complexity index is 329. The summed E-state index contributed by atoms with van der Waals surface area (Å²) >= 11 is 0. The van der Waals surface area contributed by atoms with E-state index in [9.17, 15) is 9.59 Å². The summed E-state index contributed by atoms with van der Waals surface area (Å²) in [6.45, 7) is 3.07. The molecule has 1 N–H and O–H groups in total. The van der Waals surface area contributed by atoms with Gasteiger partial charge in [0.2, 0.25) is 11.6 Å². The molecule has 3 nitrogen and oxygen atoms in total. The molecule has 3 heteroatoms. The van der Waals surface area contributed by atoms with Crippen LogP contribution in [0.2, 0.25) is 0 Å². The first-order valence-corrected chi connectivity index (χ1v) is 6.46. The molecule has 0 unspecified atom stereocenters. The Hall–Kier alpha value is -1.38. The summed E-state index contributed by atoms with van der Waals surface area (Å²) in [5.41, 5.74) is 0.753. The van der Waals surface area contributed by atoms with Crippen molar-refractivity contribution in [1.82, 2.24) is 5.32 Å². The molecular formula is C14H21NO2. The third-order valence-electron chi connectivity index (χ3n) is 2.80. The van der Waals surface area contributed by atoms with Gasteiger partial charge >= 0.3 is 0 Å². The average molecular weight is 235 g/mol. The van der Waals surface area contributed by atoms with Crippen molar-refractivity contribution < 1.29 is 9.59 Å². The fourth-order valence-corrected chi connectivity index (χ4v) is 1.76. The molecule has 0 saturated carbocycles. The molecule has 0 fully saturated rings. The second-order valence-corrected chi connectivity index (χ2v) is 4.36. The summed E-state index contributed by atoms with van der Waals surface area (Å²) in [7, 11) is 0. The number of carbonyl (C=O) groups is 2. The highest BCUT2D eigenvalue weighted by atomic mass is 16.2. The number of allylic oxidation sites excluding steroid dienone is 3. The largest absolute Gasteiger partial charge is 0.385 e. The first-order valence-electron chi connectivity index (χ1n) is 6.46. The fourth-order valence-electron chi connectivity index (χ4n) is 1.76. The first kappa shape index (κ1) is 13.7. The van der Waals surface area contributed by atoms with E-state index < -0.39 is 11.6 Å². The van der Waals surface area contributed by atoms with Gasteiger partial charge in [-0.05, 0) is 18.6 Å². The van der Waals surface area contributed by atoms with E-state index in [-0.39, 0.29) is 0 Å². The van der Waals surface area contributed by atoms with Gasteiger partial charge < -0.3 is 5.32 Å². The number of hydrogen-bond donors (Lipinski definition) is 1. The van der Waals surface area contributed by atoms with Crippen molar-refractivity contribution >= 4 is 11.6 Å². The SMILES string of the molecule is CCCCCCCCNC1=CC(=O)C(=O)C=C1. The zero-order valence-corrected chi connectivity index (χ0v) is 10.5. The highest BCUT2D eigenvalue weighted by molar-refractivity contribution is 6.46. The zero-order valence-electron chi connectivity index (χ0n) is 10.5. The molecule has 17 heavy (non-hydrogen) atoms. The highest BCUT2D eigenvalue weighted by Crippen LogP contribution is 2.05. The van der Waals surface area contributed by atoms with Crippen molar-refractivity contribution in [2.24, 2.45) is 0 Å². The van der Waals surface area contributed by atoms with Crippen LogP contribution in [0.4, 0.5) is 0 Å². The van der Waals surface area contributed by atoms with Crippen molar-refractivity contribution in [2.75, 3.05) is 6.54 Å².